The zero-order valence-electron chi connectivity index (χ0n) is 8.87. The van der Waals surface area contributed by atoms with Gasteiger partial charge in [0.2, 0.25) is 5.79 Å². The molecule has 1 rings (SSSR count). The van der Waals surface area contributed by atoms with E-state index in [4.69, 9.17) is 9.47 Å². The number of rotatable bonds is 4. The minimum absolute atomic E-state index is 0.0524. The molecule has 0 amide bonds. The monoisotopic (exact) mass is 196 g/mol. The number of carbonyl (C=O) groups is 1. The van der Waals surface area contributed by atoms with Crippen molar-refractivity contribution < 1.29 is 14.3 Å². The van der Waals surface area contributed by atoms with Crippen LogP contribution in [0, 0.1) is 0 Å². The van der Waals surface area contributed by atoms with Crippen LogP contribution in [0.5, 0.6) is 0 Å². The molecule has 0 aromatic heterocycles. The first kappa shape index (κ1) is 11.1. The largest absolute Gasteiger partial charge is 0.346 e. The second-order valence-electron chi connectivity index (χ2n) is 3.25. The second kappa shape index (κ2) is 4.53. The predicted octanol–water partition coefficient (Wildman–Crippen LogP) is 1.84. The van der Waals surface area contributed by atoms with Crippen molar-refractivity contribution in [3.05, 3.63) is 23.8 Å². The van der Waals surface area contributed by atoms with Gasteiger partial charge >= 0.3 is 0 Å². The van der Waals surface area contributed by atoms with E-state index in [1.54, 1.807) is 26.4 Å². The highest BCUT2D eigenvalue weighted by Crippen LogP contribution is 2.24. The Labute approximate surface area is 84.4 Å². The highest BCUT2D eigenvalue weighted by Gasteiger charge is 2.28. The molecule has 1 aliphatic carbocycles. The lowest BCUT2D eigenvalue weighted by molar-refractivity contribution is -0.137. The Bertz CT molecular complexity index is 272. The lowest BCUT2D eigenvalue weighted by atomic mass is 9.97. The lowest BCUT2D eigenvalue weighted by Crippen LogP contribution is -2.32. The number of carbonyl (C=O) groups excluding carboxylic acids is 1. The molecule has 0 spiro atoms. The summed E-state index contributed by atoms with van der Waals surface area (Å²) in [7, 11) is 3.12. The molecule has 78 valence electrons. The highest BCUT2D eigenvalue weighted by molar-refractivity contribution is 6.05. The minimum Gasteiger partial charge on any atom is -0.346 e. The maximum atomic E-state index is 11.4. The maximum Gasteiger partial charge on any atom is 0.208 e. The van der Waals surface area contributed by atoms with Crippen molar-refractivity contribution in [1.82, 2.24) is 0 Å². The van der Waals surface area contributed by atoms with Crippen LogP contribution in [0.4, 0.5) is 0 Å². The fourth-order valence-corrected chi connectivity index (χ4v) is 1.46. The van der Waals surface area contributed by atoms with Gasteiger partial charge in [-0.2, -0.15) is 0 Å². The van der Waals surface area contributed by atoms with Gasteiger partial charge in [-0.1, -0.05) is 13.3 Å². The first-order chi connectivity index (χ1) is 6.67. The molecule has 3 nitrogen and oxygen atoms in total. The summed E-state index contributed by atoms with van der Waals surface area (Å²) in [6.07, 6.45) is 6.60. The SMILES string of the molecule is CCCC1=CC(OC)(OC)C=CC1=O. The van der Waals surface area contributed by atoms with Crippen molar-refractivity contribution in [3.63, 3.8) is 0 Å². The summed E-state index contributed by atoms with van der Waals surface area (Å²) >= 11 is 0. The van der Waals surface area contributed by atoms with Crippen molar-refractivity contribution >= 4 is 5.78 Å². The zero-order chi connectivity index (χ0) is 10.6. The van der Waals surface area contributed by atoms with E-state index in [0.29, 0.717) is 0 Å². The number of methoxy groups -OCH3 is 2. The number of ether oxygens (including phenoxy) is 2. The highest BCUT2D eigenvalue weighted by atomic mass is 16.7. The van der Waals surface area contributed by atoms with Crippen LogP contribution in [0.1, 0.15) is 19.8 Å². The van der Waals surface area contributed by atoms with Crippen molar-refractivity contribution in [2.45, 2.75) is 25.6 Å². The summed E-state index contributed by atoms with van der Waals surface area (Å²) in [4.78, 5) is 11.4. The average molecular weight is 196 g/mol. The van der Waals surface area contributed by atoms with E-state index in [2.05, 4.69) is 0 Å². The summed E-state index contributed by atoms with van der Waals surface area (Å²) in [5.74, 6) is -0.796. The van der Waals surface area contributed by atoms with Crippen LogP contribution in [0.25, 0.3) is 0 Å². The molecule has 3 heteroatoms. The smallest absolute Gasteiger partial charge is 0.208 e. The van der Waals surface area contributed by atoms with Crippen molar-refractivity contribution in [1.29, 1.82) is 0 Å². The number of ketones is 1. The quantitative estimate of drug-likeness (QED) is 0.643. The van der Waals surface area contributed by atoms with E-state index in [1.807, 2.05) is 6.92 Å². The molecule has 0 aromatic rings. The molecule has 1 aliphatic rings. The number of allylic oxidation sites excluding steroid dienone is 2. The third-order valence-electron chi connectivity index (χ3n) is 2.32. The molecule has 14 heavy (non-hydrogen) atoms. The summed E-state index contributed by atoms with van der Waals surface area (Å²) in [6.45, 7) is 2.04. The van der Waals surface area contributed by atoms with Gasteiger partial charge in [0.05, 0.1) is 0 Å². The van der Waals surface area contributed by atoms with E-state index >= 15 is 0 Å². The molecule has 0 heterocycles. The van der Waals surface area contributed by atoms with Crippen LogP contribution in [0.2, 0.25) is 0 Å². The molecule has 0 radical (unpaired) electrons. The average Bonchev–Trinajstić information content (AvgIpc) is 2.22. The third-order valence-corrected chi connectivity index (χ3v) is 2.32. The van der Waals surface area contributed by atoms with Crippen LogP contribution in [-0.4, -0.2) is 25.8 Å². The Hall–Kier alpha value is -0.930. The van der Waals surface area contributed by atoms with Gasteiger partial charge in [0.15, 0.2) is 5.78 Å². The Balaban J connectivity index is 2.92. The summed E-state index contributed by atoms with van der Waals surface area (Å²) in [5, 5.41) is 0. The van der Waals surface area contributed by atoms with E-state index < -0.39 is 5.79 Å². The lowest BCUT2D eigenvalue weighted by Gasteiger charge is -2.27. The molecule has 0 bridgehead atoms. The van der Waals surface area contributed by atoms with E-state index in [0.717, 1.165) is 18.4 Å². The van der Waals surface area contributed by atoms with Gasteiger partial charge in [-0.25, -0.2) is 0 Å². The Morgan fingerprint density at radius 2 is 2.00 bits per heavy atom. The van der Waals surface area contributed by atoms with E-state index in [9.17, 15) is 4.79 Å². The van der Waals surface area contributed by atoms with Gasteiger partial charge < -0.3 is 9.47 Å². The van der Waals surface area contributed by atoms with Crippen LogP contribution in [-0.2, 0) is 14.3 Å². The summed E-state index contributed by atoms with van der Waals surface area (Å²) in [6, 6.07) is 0. The van der Waals surface area contributed by atoms with Crippen molar-refractivity contribution in [2.24, 2.45) is 0 Å². The van der Waals surface area contributed by atoms with Crippen LogP contribution in [0.3, 0.4) is 0 Å². The Kier molecular flexibility index (Phi) is 3.61. The van der Waals surface area contributed by atoms with E-state index in [1.165, 1.54) is 6.08 Å². The van der Waals surface area contributed by atoms with Gasteiger partial charge in [-0.3, -0.25) is 4.79 Å². The van der Waals surface area contributed by atoms with Gasteiger partial charge in [-0.15, -0.1) is 0 Å². The number of hydrogen-bond donors (Lipinski definition) is 0. The molecule has 0 saturated carbocycles. The normalized spacial score (nSPS) is 19.6. The molecular formula is C11H16O3. The Morgan fingerprint density at radius 3 is 2.50 bits per heavy atom. The van der Waals surface area contributed by atoms with Gasteiger partial charge in [0, 0.05) is 19.8 Å². The second-order valence-corrected chi connectivity index (χ2v) is 3.25. The van der Waals surface area contributed by atoms with Crippen molar-refractivity contribution in [2.75, 3.05) is 14.2 Å². The standard InChI is InChI=1S/C11H16O3/c1-4-5-9-8-11(13-2,14-3)7-6-10(9)12/h6-8H,4-5H2,1-3H3. The summed E-state index contributed by atoms with van der Waals surface area (Å²) < 4.78 is 10.4. The topological polar surface area (TPSA) is 35.5 Å². The molecule has 0 fully saturated rings. The molecule has 0 aromatic carbocycles. The first-order valence-corrected chi connectivity index (χ1v) is 4.73. The van der Waals surface area contributed by atoms with Crippen molar-refractivity contribution in [3.8, 4) is 0 Å². The minimum atomic E-state index is -0.849. The third kappa shape index (κ3) is 2.11. The predicted molar refractivity (Wildman–Crippen MR) is 53.9 cm³/mol. The first-order valence-electron chi connectivity index (χ1n) is 4.73. The molecule has 0 N–H and O–H groups in total. The van der Waals surface area contributed by atoms with Crippen LogP contribution in [0.15, 0.2) is 23.8 Å². The Morgan fingerprint density at radius 1 is 1.36 bits per heavy atom. The fourth-order valence-electron chi connectivity index (χ4n) is 1.46. The van der Waals surface area contributed by atoms with Crippen LogP contribution >= 0.6 is 0 Å². The molecule has 0 aliphatic heterocycles. The molecule has 0 atom stereocenters. The maximum absolute atomic E-state index is 11.4. The summed E-state index contributed by atoms with van der Waals surface area (Å²) in [5.41, 5.74) is 0.763. The molecular weight excluding hydrogens is 180 g/mol. The molecule has 0 saturated heterocycles. The molecule has 0 unspecified atom stereocenters. The van der Waals surface area contributed by atoms with E-state index in [-0.39, 0.29) is 5.78 Å². The number of hydrogen-bond acceptors (Lipinski definition) is 3. The van der Waals surface area contributed by atoms with Gasteiger partial charge in [-0.05, 0) is 24.6 Å². The zero-order valence-corrected chi connectivity index (χ0v) is 8.87. The van der Waals surface area contributed by atoms with Gasteiger partial charge in [0.1, 0.15) is 0 Å². The fraction of sp³-hybridized carbons (Fsp3) is 0.545. The van der Waals surface area contributed by atoms with Crippen LogP contribution < -0.4 is 0 Å². The van der Waals surface area contributed by atoms with Gasteiger partial charge in [0.25, 0.3) is 0 Å².